The number of nitriles is 1. The summed E-state index contributed by atoms with van der Waals surface area (Å²) in [6.45, 7) is 1.94. The molecule has 0 unspecified atom stereocenters. The maximum atomic E-state index is 13.5. The van der Waals surface area contributed by atoms with Gasteiger partial charge >= 0.3 is 0 Å². The maximum absolute atomic E-state index is 13.5. The molecule has 0 radical (unpaired) electrons. The van der Waals surface area contributed by atoms with E-state index in [1.165, 1.54) is 7.11 Å². The lowest BCUT2D eigenvalue weighted by molar-refractivity contribution is -0.120. The number of ether oxygens (including phenoxy) is 1. The van der Waals surface area contributed by atoms with Crippen LogP contribution in [0.25, 0.3) is 5.57 Å². The van der Waals surface area contributed by atoms with Crippen LogP contribution in [0.2, 0.25) is 5.02 Å². The molecule has 6 nitrogen and oxygen atoms in total. The minimum absolute atomic E-state index is 0.115. The number of hydrogen-bond acceptors (Lipinski definition) is 5. The molecule has 2 amide bonds. The summed E-state index contributed by atoms with van der Waals surface area (Å²) in [5, 5.41) is 12.6. The van der Waals surface area contributed by atoms with Crippen LogP contribution in [0.1, 0.15) is 16.7 Å². The number of halogens is 1. The van der Waals surface area contributed by atoms with Gasteiger partial charge in [0.1, 0.15) is 11.4 Å². The van der Waals surface area contributed by atoms with Crippen LogP contribution < -0.4 is 15.0 Å². The van der Waals surface area contributed by atoms with Gasteiger partial charge in [-0.25, -0.2) is 4.90 Å². The first kappa shape index (κ1) is 21.2. The van der Waals surface area contributed by atoms with Gasteiger partial charge in [0.2, 0.25) is 0 Å². The average molecular weight is 444 g/mol. The number of nitrogens with one attached hydrogen (secondary N) is 1. The van der Waals surface area contributed by atoms with E-state index in [0.29, 0.717) is 33.3 Å². The van der Waals surface area contributed by atoms with Gasteiger partial charge in [0.25, 0.3) is 11.8 Å². The van der Waals surface area contributed by atoms with Crippen LogP contribution in [0.3, 0.4) is 0 Å². The summed E-state index contributed by atoms with van der Waals surface area (Å²) in [5.41, 5.74) is 3.25. The fourth-order valence-electron chi connectivity index (χ4n) is 3.47. The third-order valence-corrected chi connectivity index (χ3v) is 5.34. The minimum Gasteiger partial charge on any atom is -0.495 e. The molecule has 1 N–H and O–H groups in total. The van der Waals surface area contributed by atoms with Crippen LogP contribution in [0.4, 0.5) is 11.4 Å². The number of carbonyl (C=O) groups is 2. The highest BCUT2D eigenvalue weighted by Crippen LogP contribution is 2.36. The Hall–Kier alpha value is -4.08. The molecule has 0 bridgehead atoms. The molecule has 0 aliphatic carbocycles. The number of amides is 2. The highest BCUT2D eigenvalue weighted by Gasteiger charge is 2.40. The van der Waals surface area contributed by atoms with Crippen molar-refractivity contribution >= 4 is 40.4 Å². The van der Waals surface area contributed by atoms with Crippen molar-refractivity contribution in [3.8, 4) is 11.8 Å². The summed E-state index contributed by atoms with van der Waals surface area (Å²) in [4.78, 5) is 28.0. The van der Waals surface area contributed by atoms with Crippen LogP contribution in [-0.2, 0) is 9.59 Å². The second-order valence-corrected chi connectivity index (χ2v) is 7.63. The Morgan fingerprint density at radius 1 is 0.969 bits per heavy atom. The summed E-state index contributed by atoms with van der Waals surface area (Å²) >= 11 is 6.15. The predicted octanol–water partition coefficient (Wildman–Crippen LogP) is 4.93. The molecule has 0 saturated carbocycles. The first-order valence-electron chi connectivity index (χ1n) is 9.73. The Kier molecular flexibility index (Phi) is 5.67. The SMILES string of the molecule is COc1ccc(Cl)cc1NC1=C(c2ccc(C)cc2)C(=O)N(c2ccc(C#N)cc2)C1=O. The molecule has 158 valence electrons. The molecule has 1 aliphatic heterocycles. The van der Waals surface area contributed by atoms with Crippen molar-refractivity contribution in [1.29, 1.82) is 5.26 Å². The molecular weight excluding hydrogens is 426 g/mol. The lowest BCUT2D eigenvalue weighted by atomic mass is 10.0. The molecule has 0 aromatic heterocycles. The molecule has 1 heterocycles. The van der Waals surface area contributed by atoms with Crippen LogP contribution in [0.5, 0.6) is 5.75 Å². The van der Waals surface area contributed by atoms with Gasteiger partial charge < -0.3 is 10.1 Å². The molecular formula is C25H18ClN3O3. The van der Waals surface area contributed by atoms with Crippen LogP contribution >= 0.6 is 11.6 Å². The molecule has 0 saturated heterocycles. The van der Waals surface area contributed by atoms with E-state index in [9.17, 15) is 9.59 Å². The zero-order valence-corrected chi connectivity index (χ0v) is 18.1. The molecule has 3 aromatic carbocycles. The van der Waals surface area contributed by atoms with Crippen LogP contribution in [-0.4, -0.2) is 18.9 Å². The average Bonchev–Trinajstić information content (AvgIpc) is 3.04. The zero-order valence-electron chi connectivity index (χ0n) is 17.3. The largest absolute Gasteiger partial charge is 0.495 e. The van der Waals surface area contributed by atoms with E-state index in [1.54, 1.807) is 54.6 Å². The van der Waals surface area contributed by atoms with Crippen molar-refractivity contribution in [3.05, 3.63) is 94.1 Å². The van der Waals surface area contributed by atoms with E-state index in [4.69, 9.17) is 21.6 Å². The van der Waals surface area contributed by atoms with E-state index >= 15 is 0 Å². The van der Waals surface area contributed by atoms with Crippen LogP contribution in [0.15, 0.2) is 72.4 Å². The van der Waals surface area contributed by atoms with Gasteiger partial charge in [0.15, 0.2) is 0 Å². The maximum Gasteiger partial charge on any atom is 0.282 e. The topological polar surface area (TPSA) is 82.4 Å². The van der Waals surface area contributed by atoms with Gasteiger partial charge in [-0.1, -0.05) is 41.4 Å². The van der Waals surface area contributed by atoms with Gasteiger partial charge in [0, 0.05) is 5.02 Å². The van der Waals surface area contributed by atoms with E-state index in [1.807, 2.05) is 25.1 Å². The Balaban J connectivity index is 1.84. The normalized spacial score (nSPS) is 13.4. The van der Waals surface area contributed by atoms with E-state index in [2.05, 4.69) is 5.32 Å². The number of benzene rings is 3. The number of hydrogen-bond donors (Lipinski definition) is 1. The van der Waals surface area contributed by atoms with E-state index < -0.39 is 11.8 Å². The number of nitrogens with zero attached hydrogens (tertiary/aromatic N) is 2. The van der Waals surface area contributed by atoms with Gasteiger partial charge in [0.05, 0.1) is 35.7 Å². The van der Waals surface area contributed by atoms with Crippen molar-refractivity contribution in [2.75, 3.05) is 17.3 Å². The Morgan fingerprint density at radius 2 is 1.66 bits per heavy atom. The number of aryl methyl sites for hydroxylation is 1. The zero-order chi connectivity index (χ0) is 22.8. The Bertz CT molecular complexity index is 1290. The summed E-state index contributed by atoms with van der Waals surface area (Å²) in [5.74, 6) is -0.508. The van der Waals surface area contributed by atoms with Crippen molar-refractivity contribution in [2.24, 2.45) is 0 Å². The summed E-state index contributed by atoms with van der Waals surface area (Å²) in [6, 6.07) is 20.6. The van der Waals surface area contributed by atoms with Crippen molar-refractivity contribution in [3.63, 3.8) is 0 Å². The van der Waals surface area contributed by atoms with E-state index in [0.717, 1.165) is 10.5 Å². The van der Waals surface area contributed by atoms with Crippen molar-refractivity contribution in [1.82, 2.24) is 0 Å². The standard InChI is InChI=1S/C25H18ClN3O3/c1-15-3-7-17(8-4-15)22-23(28-20-13-18(26)9-12-21(20)32-2)25(31)29(24(22)30)19-10-5-16(14-27)6-11-19/h3-13,28H,1-2H3. The lowest BCUT2D eigenvalue weighted by Gasteiger charge is -2.16. The minimum atomic E-state index is -0.516. The summed E-state index contributed by atoms with van der Waals surface area (Å²) < 4.78 is 5.38. The number of imide groups is 1. The van der Waals surface area contributed by atoms with Gasteiger partial charge in [-0.2, -0.15) is 5.26 Å². The fourth-order valence-corrected chi connectivity index (χ4v) is 3.64. The van der Waals surface area contributed by atoms with Crippen molar-refractivity contribution < 1.29 is 14.3 Å². The molecule has 3 aromatic rings. The second-order valence-electron chi connectivity index (χ2n) is 7.19. The fraction of sp³-hybridized carbons (Fsp3) is 0.0800. The molecule has 32 heavy (non-hydrogen) atoms. The van der Waals surface area contributed by atoms with E-state index in [-0.39, 0.29) is 11.3 Å². The number of methoxy groups -OCH3 is 1. The third kappa shape index (κ3) is 3.82. The molecule has 4 rings (SSSR count). The predicted molar refractivity (Wildman–Crippen MR) is 123 cm³/mol. The Labute approximate surface area is 190 Å². The van der Waals surface area contributed by atoms with Crippen LogP contribution in [0, 0.1) is 18.3 Å². The molecule has 0 atom stereocenters. The number of anilines is 2. The molecule has 0 spiro atoms. The monoisotopic (exact) mass is 443 g/mol. The Morgan fingerprint density at radius 3 is 2.28 bits per heavy atom. The highest BCUT2D eigenvalue weighted by molar-refractivity contribution is 6.46. The first-order valence-corrected chi connectivity index (χ1v) is 10.1. The highest BCUT2D eigenvalue weighted by atomic mass is 35.5. The lowest BCUT2D eigenvalue weighted by Crippen LogP contribution is -2.32. The van der Waals surface area contributed by atoms with Gasteiger partial charge in [-0.05, 0) is 55.0 Å². The molecule has 1 aliphatic rings. The van der Waals surface area contributed by atoms with Crippen molar-refractivity contribution in [2.45, 2.75) is 6.92 Å². The molecule has 0 fully saturated rings. The first-order chi connectivity index (χ1) is 15.4. The third-order valence-electron chi connectivity index (χ3n) is 5.10. The smallest absolute Gasteiger partial charge is 0.282 e. The number of rotatable bonds is 5. The molecule has 7 heteroatoms. The van der Waals surface area contributed by atoms with Gasteiger partial charge in [-0.3, -0.25) is 9.59 Å². The quantitative estimate of drug-likeness (QED) is 0.565. The summed E-state index contributed by atoms with van der Waals surface area (Å²) in [7, 11) is 1.51. The number of carbonyl (C=O) groups excluding carboxylic acids is 2. The van der Waals surface area contributed by atoms with Gasteiger partial charge in [-0.15, -0.1) is 0 Å². The second kappa shape index (κ2) is 8.58. The summed E-state index contributed by atoms with van der Waals surface area (Å²) in [6.07, 6.45) is 0.